The summed E-state index contributed by atoms with van der Waals surface area (Å²) in [7, 11) is -1.38. The molecule has 2 amide bonds. The summed E-state index contributed by atoms with van der Waals surface area (Å²) in [6.45, 7) is 10.6. The van der Waals surface area contributed by atoms with Crippen LogP contribution in [-0.4, -0.2) is 121 Å². The number of carbonyl (C=O) groups is 5. The van der Waals surface area contributed by atoms with E-state index in [1.165, 1.54) is 6.92 Å². The van der Waals surface area contributed by atoms with Crippen LogP contribution in [0.1, 0.15) is 104 Å². The smallest absolute Gasteiger partial charge is 0.338 e. The van der Waals surface area contributed by atoms with E-state index in [1.54, 1.807) is 91.0 Å². The fraction of sp³-hybridized carbons (Fsp3) is 0.500. The third-order valence-corrected chi connectivity index (χ3v) is 12.9. The minimum atomic E-state index is -1.39. The van der Waals surface area contributed by atoms with Gasteiger partial charge in [0.05, 0.1) is 41.9 Å². The molecule has 0 aliphatic carbocycles. The summed E-state index contributed by atoms with van der Waals surface area (Å²) in [5, 5.41) is 11.8. The summed E-state index contributed by atoms with van der Waals surface area (Å²) in [4.78, 5) is 68.4. The number of hydrogen-bond acceptors (Lipinski definition) is 14. The van der Waals surface area contributed by atoms with Gasteiger partial charge in [0, 0.05) is 45.1 Å². The van der Waals surface area contributed by atoms with Crippen LogP contribution < -0.4 is 5.32 Å². The van der Waals surface area contributed by atoms with Crippen LogP contribution in [0.5, 0.6) is 0 Å². The van der Waals surface area contributed by atoms with Gasteiger partial charge in [-0.3, -0.25) is 9.59 Å². The van der Waals surface area contributed by atoms with Crippen molar-refractivity contribution in [1.82, 2.24) is 14.9 Å². The van der Waals surface area contributed by atoms with Gasteiger partial charge in [0.25, 0.3) is 8.53 Å². The average molecular weight is 917 g/mol. The standard InChI is InChI=1S/C48H61N4O12P/c1-33(2)52(34(3)4)65(60-31-17-27-49)64-39-25-28-51(29-26-39)41(54)24-15-16-30-58-48-42(50-35(5)53)44(63-47(57)38-22-13-8-14-23-38)43(62-46(56)37-20-11-7-12-21-37)40(61-48)32-59-45(55)36-18-9-6-10-19-36/h6-14,18-23,33-34,39-40,42-44,48H,15-17,24-26,28-32H2,1-5H3,(H,50,53)/t40?,42-,43-,44?,48+,65?/m0/s1. The summed E-state index contributed by atoms with van der Waals surface area (Å²) >= 11 is 0. The van der Waals surface area contributed by atoms with Gasteiger partial charge >= 0.3 is 17.9 Å². The molecule has 0 saturated carbocycles. The molecule has 0 aromatic heterocycles. The predicted octanol–water partition coefficient (Wildman–Crippen LogP) is 6.99. The third kappa shape index (κ3) is 15.4. The van der Waals surface area contributed by atoms with Gasteiger partial charge < -0.3 is 42.9 Å². The van der Waals surface area contributed by atoms with E-state index in [4.69, 9.17) is 38.0 Å². The lowest BCUT2D eigenvalue weighted by molar-refractivity contribution is -0.269. The van der Waals surface area contributed by atoms with E-state index < -0.39 is 69.6 Å². The Kier molecular flexibility index (Phi) is 20.3. The monoisotopic (exact) mass is 916 g/mol. The second-order valence-electron chi connectivity index (χ2n) is 16.3. The van der Waals surface area contributed by atoms with E-state index in [9.17, 15) is 24.0 Å². The van der Waals surface area contributed by atoms with Crippen molar-refractivity contribution < 1.29 is 56.7 Å². The number of piperidine rings is 1. The van der Waals surface area contributed by atoms with Crippen LogP contribution in [-0.2, 0) is 42.3 Å². The van der Waals surface area contributed by atoms with Gasteiger partial charge in [-0.2, -0.15) is 5.26 Å². The molecule has 0 spiro atoms. The van der Waals surface area contributed by atoms with Gasteiger partial charge in [-0.05, 0) is 89.8 Å². The molecule has 6 atom stereocenters. The zero-order valence-corrected chi connectivity index (χ0v) is 38.6. The Hall–Kier alpha value is -5.27. The summed E-state index contributed by atoms with van der Waals surface area (Å²) in [5.41, 5.74) is 0.681. The Morgan fingerprint density at radius 3 is 1.85 bits per heavy atom. The van der Waals surface area contributed by atoms with Crippen LogP contribution >= 0.6 is 8.53 Å². The minimum absolute atomic E-state index is 0.00303. The molecule has 16 nitrogen and oxygen atoms in total. The molecular weight excluding hydrogens is 856 g/mol. The van der Waals surface area contributed by atoms with Gasteiger partial charge in [0.15, 0.2) is 18.5 Å². The molecule has 2 saturated heterocycles. The topological polar surface area (TPSA) is 192 Å². The molecule has 17 heteroatoms. The first-order chi connectivity index (χ1) is 31.4. The van der Waals surface area contributed by atoms with Crippen molar-refractivity contribution in [2.75, 3.05) is 32.9 Å². The van der Waals surface area contributed by atoms with Crippen molar-refractivity contribution in [2.24, 2.45) is 0 Å². The van der Waals surface area contributed by atoms with Gasteiger partial charge in [-0.15, -0.1) is 0 Å². The minimum Gasteiger partial charge on any atom is -0.459 e. The number of benzene rings is 3. The Labute approximate surface area is 382 Å². The lowest BCUT2D eigenvalue weighted by Gasteiger charge is -2.45. The highest BCUT2D eigenvalue weighted by molar-refractivity contribution is 7.44. The molecule has 350 valence electrons. The number of esters is 3. The third-order valence-electron chi connectivity index (χ3n) is 10.7. The average Bonchev–Trinajstić information content (AvgIpc) is 3.30. The maximum atomic E-state index is 13.7. The molecule has 5 rings (SSSR count). The fourth-order valence-corrected chi connectivity index (χ4v) is 9.34. The van der Waals surface area contributed by atoms with Crippen LogP contribution in [0.15, 0.2) is 91.0 Å². The van der Waals surface area contributed by atoms with E-state index in [-0.39, 0.29) is 66.8 Å². The number of rotatable bonds is 22. The van der Waals surface area contributed by atoms with Crippen LogP contribution in [0.3, 0.4) is 0 Å². The van der Waals surface area contributed by atoms with Crippen molar-refractivity contribution in [3.05, 3.63) is 108 Å². The van der Waals surface area contributed by atoms with E-state index in [1.807, 2.05) is 4.90 Å². The molecule has 2 aliphatic heterocycles. The molecule has 2 aliphatic rings. The quantitative estimate of drug-likeness (QED) is 0.0469. The van der Waals surface area contributed by atoms with Crippen molar-refractivity contribution >= 4 is 38.2 Å². The zero-order valence-electron chi connectivity index (χ0n) is 37.7. The Morgan fingerprint density at radius 2 is 1.32 bits per heavy atom. The molecule has 2 fully saturated rings. The highest BCUT2D eigenvalue weighted by Gasteiger charge is 2.52. The first-order valence-electron chi connectivity index (χ1n) is 22.2. The van der Waals surface area contributed by atoms with E-state index in [0.717, 1.165) is 0 Å². The molecule has 3 unspecified atom stereocenters. The second kappa shape index (κ2) is 26.0. The summed E-state index contributed by atoms with van der Waals surface area (Å²) in [5.74, 6) is -2.70. The highest BCUT2D eigenvalue weighted by atomic mass is 31.2. The predicted molar refractivity (Wildman–Crippen MR) is 240 cm³/mol. The first kappa shape index (κ1) is 50.7. The summed E-state index contributed by atoms with van der Waals surface area (Å²) < 4.78 is 45.2. The van der Waals surface area contributed by atoms with Gasteiger partial charge in [0.2, 0.25) is 11.8 Å². The Bertz CT molecular complexity index is 2010. The normalized spacial score (nSPS) is 20.5. The maximum Gasteiger partial charge on any atom is 0.338 e. The molecule has 3 aromatic rings. The van der Waals surface area contributed by atoms with Gasteiger partial charge in [-0.25, -0.2) is 19.1 Å². The van der Waals surface area contributed by atoms with Gasteiger partial charge in [-0.1, -0.05) is 54.6 Å². The molecular formula is C48H61N4O12P. The Balaban J connectivity index is 1.25. The number of nitriles is 1. The van der Waals surface area contributed by atoms with E-state index in [2.05, 4.69) is 43.8 Å². The van der Waals surface area contributed by atoms with Crippen molar-refractivity contribution in [3.63, 3.8) is 0 Å². The molecule has 65 heavy (non-hydrogen) atoms. The number of ether oxygens (including phenoxy) is 5. The summed E-state index contributed by atoms with van der Waals surface area (Å²) in [6, 6.07) is 26.0. The number of carbonyl (C=O) groups excluding carboxylic acids is 5. The number of nitrogens with one attached hydrogen (secondary N) is 1. The van der Waals surface area contributed by atoms with Crippen LogP contribution in [0, 0.1) is 11.3 Å². The second-order valence-corrected chi connectivity index (χ2v) is 17.7. The van der Waals surface area contributed by atoms with E-state index >= 15 is 0 Å². The van der Waals surface area contributed by atoms with Crippen LogP contribution in [0.4, 0.5) is 0 Å². The first-order valence-corrected chi connectivity index (χ1v) is 23.3. The largest absolute Gasteiger partial charge is 0.459 e. The lowest BCUT2D eigenvalue weighted by Crippen LogP contribution is -2.66. The van der Waals surface area contributed by atoms with Crippen molar-refractivity contribution in [2.45, 2.75) is 122 Å². The van der Waals surface area contributed by atoms with Crippen LogP contribution in [0.25, 0.3) is 0 Å². The number of amides is 2. The number of likely N-dealkylation sites (tertiary alicyclic amines) is 1. The summed E-state index contributed by atoms with van der Waals surface area (Å²) in [6.07, 6.45) is -2.61. The SMILES string of the molecule is CC(=O)N[C@H]1C(OC(=O)c2ccccc2)[C@@H](OC(=O)c2ccccc2)C(COC(=O)c2ccccc2)O[C@H]1OCCCCC(=O)N1CCC(OP(OCCC#N)N(C(C)C)C(C)C)CC1. The van der Waals surface area contributed by atoms with Gasteiger partial charge in [0.1, 0.15) is 18.8 Å². The molecule has 1 N–H and O–H groups in total. The van der Waals surface area contributed by atoms with E-state index in [0.29, 0.717) is 38.8 Å². The number of nitrogens with zero attached hydrogens (tertiary/aromatic N) is 3. The lowest BCUT2D eigenvalue weighted by atomic mass is 9.95. The maximum absolute atomic E-state index is 13.7. The number of hydrogen-bond donors (Lipinski definition) is 1. The molecule has 2 heterocycles. The van der Waals surface area contributed by atoms with Crippen molar-refractivity contribution in [1.29, 1.82) is 5.26 Å². The number of unbranched alkanes of at least 4 members (excludes halogenated alkanes) is 1. The van der Waals surface area contributed by atoms with Crippen LogP contribution in [0.2, 0.25) is 0 Å². The molecule has 3 aromatic carbocycles. The molecule has 0 radical (unpaired) electrons. The van der Waals surface area contributed by atoms with Crippen molar-refractivity contribution in [3.8, 4) is 6.07 Å². The zero-order chi connectivity index (χ0) is 46.7. The Morgan fingerprint density at radius 1 is 0.785 bits per heavy atom. The molecule has 0 bridgehead atoms. The highest BCUT2D eigenvalue weighted by Crippen LogP contribution is 2.48. The fourth-order valence-electron chi connectivity index (χ4n) is 7.57.